The number of rotatable bonds is 2. The molecule has 0 aliphatic heterocycles. The molecule has 1 fully saturated rings. The molecule has 0 aromatic carbocycles. The van der Waals surface area contributed by atoms with Crippen LogP contribution in [0.3, 0.4) is 0 Å². The SMILES string of the molecule is C[C@@H]1CCC[C@@H](NC(=O)CC#N)C1. The van der Waals surface area contributed by atoms with Gasteiger partial charge in [-0.05, 0) is 18.8 Å². The lowest BCUT2D eigenvalue weighted by Gasteiger charge is -2.27. The minimum Gasteiger partial charge on any atom is -0.352 e. The quantitative estimate of drug-likeness (QED) is 0.701. The second-order valence-electron chi connectivity index (χ2n) is 3.87. The van der Waals surface area contributed by atoms with Crippen molar-refractivity contribution in [3.63, 3.8) is 0 Å². The first-order chi connectivity index (χ1) is 6.22. The Kier molecular flexibility index (Phi) is 3.75. The molecule has 0 aromatic heterocycles. The van der Waals surface area contributed by atoms with Gasteiger partial charge in [-0.15, -0.1) is 0 Å². The van der Waals surface area contributed by atoms with Gasteiger partial charge in [-0.25, -0.2) is 0 Å². The maximum atomic E-state index is 11.1. The number of carbonyl (C=O) groups excluding carboxylic acids is 1. The number of nitrogens with zero attached hydrogens (tertiary/aromatic N) is 1. The number of hydrogen-bond acceptors (Lipinski definition) is 2. The topological polar surface area (TPSA) is 52.9 Å². The number of amides is 1. The Morgan fingerprint density at radius 2 is 2.38 bits per heavy atom. The number of nitrogens with one attached hydrogen (secondary N) is 1. The van der Waals surface area contributed by atoms with Crippen LogP contribution in [0.2, 0.25) is 0 Å². The maximum absolute atomic E-state index is 11.1. The van der Waals surface area contributed by atoms with Gasteiger partial charge in [0.15, 0.2) is 0 Å². The molecule has 72 valence electrons. The van der Waals surface area contributed by atoms with Gasteiger partial charge in [-0.2, -0.15) is 5.26 Å². The van der Waals surface area contributed by atoms with Crippen molar-refractivity contribution in [3.8, 4) is 6.07 Å². The van der Waals surface area contributed by atoms with Crippen LogP contribution in [0.15, 0.2) is 0 Å². The van der Waals surface area contributed by atoms with Crippen molar-refractivity contribution in [3.05, 3.63) is 0 Å². The zero-order valence-electron chi connectivity index (χ0n) is 8.05. The maximum Gasteiger partial charge on any atom is 0.234 e. The van der Waals surface area contributed by atoms with E-state index in [2.05, 4.69) is 12.2 Å². The first kappa shape index (κ1) is 10.0. The Bertz CT molecular complexity index is 219. The van der Waals surface area contributed by atoms with Crippen molar-refractivity contribution in [2.24, 2.45) is 5.92 Å². The molecule has 1 aliphatic rings. The zero-order chi connectivity index (χ0) is 9.68. The van der Waals surface area contributed by atoms with Crippen LogP contribution in [0.1, 0.15) is 39.0 Å². The zero-order valence-corrected chi connectivity index (χ0v) is 8.05. The first-order valence-electron chi connectivity index (χ1n) is 4.88. The molecule has 0 radical (unpaired) electrons. The Hall–Kier alpha value is -1.04. The molecule has 0 heterocycles. The van der Waals surface area contributed by atoms with Crippen molar-refractivity contribution in [2.45, 2.75) is 45.1 Å². The van der Waals surface area contributed by atoms with Crippen molar-refractivity contribution >= 4 is 5.91 Å². The highest BCUT2D eigenvalue weighted by Crippen LogP contribution is 2.23. The van der Waals surface area contributed by atoms with E-state index in [0.29, 0.717) is 12.0 Å². The minimum atomic E-state index is -0.124. The van der Waals surface area contributed by atoms with Gasteiger partial charge in [0.05, 0.1) is 6.07 Å². The van der Waals surface area contributed by atoms with Crippen molar-refractivity contribution in [1.29, 1.82) is 5.26 Å². The molecule has 0 saturated heterocycles. The summed E-state index contributed by atoms with van der Waals surface area (Å²) in [6.45, 7) is 2.21. The van der Waals surface area contributed by atoms with Gasteiger partial charge in [0.2, 0.25) is 5.91 Å². The largest absolute Gasteiger partial charge is 0.352 e. The summed E-state index contributed by atoms with van der Waals surface area (Å²) in [4.78, 5) is 11.1. The van der Waals surface area contributed by atoms with Crippen LogP contribution in [0.4, 0.5) is 0 Å². The van der Waals surface area contributed by atoms with E-state index in [9.17, 15) is 4.79 Å². The van der Waals surface area contributed by atoms with Crippen molar-refractivity contribution in [2.75, 3.05) is 0 Å². The first-order valence-corrected chi connectivity index (χ1v) is 4.88. The standard InChI is InChI=1S/C10H16N2O/c1-8-3-2-4-9(7-8)12-10(13)5-6-11/h8-9H,2-5,7H2,1H3,(H,12,13)/t8-,9-/m1/s1. The molecule has 2 atom stereocenters. The normalized spacial score (nSPS) is 27.7. The molecule has 13 heavy (non-hydrogen) atoms. The van der Waals surface area contributed by atoms with Crippen LogP contribution in [0.25, 0.3) is 0 Å². The summed E-state index contributed by atoms with van der Waals surface area (Å²) in [6.07, 6.45) is 4.59. The van der Waals surface area contributed by atoms with Crippen LogP contribution in [0, 0.1) is 17.2 Å². The predicted molar refractivity (Wildman–Crippen MR) is 49.8 cm³/mol. The number of carbonyl (C=O) groups is 1. The Labute approximate surface area is 79.1 Å². The smallest absolute Gasteiger partial charge is 0.234 e. The van der Waals surface area contributed by atoms with Gasteiger partial charge in [0, 0.05) is 6.04 Å². The summed E-state index contributed by atoms with van der Waals surface area (Å²) in [6, 6.07) is 2.17. The third-order valence-corrected chi connectivity index (χ3v) is 2.54. The van der Waals surface area contributed by atoms with Crippen LogP contribution >= 0.6 is 0 Å². The summed E-state index contributed by atoms with van der Waals surface area (Å²) in [5.74, 6) is 0.586. The van der Waals surface area contributed by atoms with E-state index in [1.165, 1.54) is 12.8 Å². The number of nitriles is 1. The molecule has 0 unspecified atom stereocenters. The molecule has 0 spiro atoms. The van der Waals surface area contributed by atoms with E-state index in [1.807, 2.05) is 6.07 Å². The summed E-state index contributed by atoms with van der Waals surface area (Å²) < 4.78 is 0. The summed E-state index contributed by atoms with van der Waals surface area (Å²) in [7, 11) is 0. The van der Waals surface area contributed by atoms with Gasteiger partial charge in [0.1, 0.15) is 6.42 Å². The van der Waals surface area contributed by atoms with Gasteiger partial charge in [0.25, 0.3) is 0 Å². The van der Waals surface area contributed by atoms with E-state index >= 15 is 0 Å². The fourth-order valence-electron chi connectivity index (χ4n) is 1.92. The molecule has 0 bridgehead atoms. The minimum absolute atomic E-state index is 0.00905. The van der Waals surface area contributed by atoms with Crippen LogP contribution in [0.5, 0.6) is 0 Å². The van der Waals surface area contributed by atoms with E-state index in [0.717, 1.165) is 12.8 Å². The molecule has 1 rings (SSSR count). The molecule has 1 amide bonds. The molecule has 3 nitrogen and oxygen atoms in total. The monoisotopic (exact) mass is 180 g/mol. The lowest BCUT2D eigenvalue weighted by molar-refractivity contribution is -0.121. The number of hydrogen-bond donors (Lipinski definition) is 1. The molecule has 0 aromatic rings. The molecule has 1 aliphatic carbocycles. The van der Waals surface area contributed by atoms with Gasteiger partial charge in [-0.3, -0.25) is 4.79 Å². The van der Waals surface area contributed by atoms with E-state index in [-0.39, 0.29) is 12.3 Å². The van der Waals surface area contributed by atoms with E-state index < -0.39 is 0 Å². The average molecular weight is 180 g/mol. The lowest BCUT2D eigenvalue weighted by Crippen LogP contribution is -2.37. The lowest BCUT2D eigenvalue weighted by atomic mass is 9.87. The third kappa shape index (κ3) is 3.45. The van der Waals surface area contributed by atoms with Crippen LogP contribution < -0.4 is 5.32 Å². The van der Waals surface area contributed by atoms with Gasteiger partial charge >= 0.3 is 0 Å². The molecule has 1 saturated carbocycles. The molecular weight excluding hydrogens is 164 g/mol. The fourth-order valence-corrected chi connectivity index (χ4v) is 1.92. The summed E-state index contributed by atoms with van der Waals surface area (Å²) in [5, 5.41) is 11.2. The van der Waals surface area contributed by atoms with E-state index in [1.54, 1.807) is 0 Å². The molecule has 1 N–H and O–H groups in total. The van der Waals surface area contributed by atoms with E-state index in [4.69, 9.17) is 5.26 Å². The molecular formula is C10H16N2O. The third-order valence-electron chi connectivity index (χ3n) is 2.54. The summed E-state index contributed by atoms with van der Waals surface area (Å²) in [5.41, 5.74) is 0. The molecule has 3 heteroatoms. The highest BCUT2D eigenvalue weighted by atomic mass is 16.1. The van der Waals surface area contributed by atoms with Gasteiger partial charge in [-0.1, -0.05) is 19.8 Å². The van der Waals surface area contributed by atoms with Crippen LogP contribution in [-0.4, -0.2) is 11.9 Å². The predicted octanol–water partition coefficient (Wildman–Crippen LogP) is 1.59. The second-order valence-corrected chi connectivity index (χ2v) is 3.87. The van der Waals surface area contributed by atoms with Gasteiger partial charge < -0.3 is 5.32 Å². The second kappa shape index (κ2) is 4.86. The van der Waals surface area contributed by atoms with Crippen LogP contribution in [-0.2, 0) is 4.79 Å². The van der Waals surface area contributed by atoms with Crippen molar-refractivity contribution in [1.82, 2.24) is 5.32 Å². The summed E-state index contributed by atoms with van der Waals surface area (Å²) >= 11 is 0. The average Bonchev–Trinajstić information content (AvgIpc) is 2.04. The van der Waals surface area contributed by atoms with Crippen molar-refractivity contribution < 1.29 is 4.79 Å². The fraction of sp³-hybridized carbons (Fsp3) is 0.800. The Balaban J connectivity index is 2.28. The Morgan fingerprint density at radius 1 is 1.62 bits per heavy atom. The Morgan fingerprint density at radius 3 is 3.00 bits per heavy atom. The highest BCUT2D eigenvalue weighted by Gasteiger charge is 2.19. The highest BCUT2D eigenvalue weighted by molar-refractivity contribution is 5.78.